The third kappa shape index (κ3) is 7.34. The maximum absolute atomic E-state index is 2.61. The first-order valence-electron chi connectivity index (χ1n) is 37.6. The number of benzene rings is 18. The van der Waals surface area contributed by atoms with Gasteiger partial charge in [-0.15, -0.1) is 0 Å². The van der Waals surface area contributed by atoms with Gasteiger partial charge in [0.1, 0.15) is 0 Å². The molecule has 107 heavy (non-hydrogen) atoms. The summed E-state index contributed by atoms with van der Waals surface area (Å²) in [6.45, 7) is 0. The van der Waals surface area contributed by atoms with Crippen LogP contribution in [0.3, 0.4) is 0 Å². The van der Waals surface area contributed by atoms with Crippen LogP contribution in [0.4, 0.5) is 34.1 Å². The molecule has 0 N–H and O–H groups in total. The van der Waals surface area contributed by atoms with Gasteiger partial charge in [0, 0.05) is 11.4 Å². The van der Waals surface area contributed by atoms with E-state index in [1.807, 2.05) is 0 Å². The molecule has 24 rings (SSSR count). The van der Waals surface area contributed by atoms with Gasteiger partial charge in [-0.3, -0.25) is 0 Å². The summed E-state index contributed by atoms with van der Waals surface area (Å²) in [6.07, 6.45) is 0. The summed E-state index contributed by atoms with van der Waals surface area (Å²) in [5.41, 5.74) is 38.1. The van der Waals surface area contributed by atoms with Gasteiger partial charge in [-0.05, 0) is 232 Å². The SMILES string of the molecule is c1ccc(N2c3ccccc3C3(c4ccccc4-c4c(-c5cccc6c(-c7cccc8c7C7(c9ccccc9-c9ccccc97)c7ccc9ccccc9c7-8)c7cccc(-c8cccc9c8-c8ccccc8C98c9ccccc9N(c9ccccc9)c9ccccc98)c7cc56)cccc43)c3ccccc32)cc1. The van der Waals surface area contributed by atoms with Crippen LogP contribution < -0.4 is 9.80 Å². The Balaban J connectivity index is 0.824. The molecule has 4 aliphatic carbocycles. The first kappa shape index (κ1) is 58.8. The second-order valence-corrected chi connectivity index (χ2v) is 29.8. The highest BCUT2D eigenvalue weighted by atomic mass is 15.2. The van der Waals surface area contributed by atoms with Crippen LogP contribution in [-0.2, 0) is 16.2 Å². The molecule has 0 saturated carbocycles. The van der Waals surface area contributed by atoms with Crippen LogP contribution in [0.5, 0.6) is 0 Å². The van der Waals surface area contributed by atoms with Crippen LogP contribution >= 0.6 is 0 Å². The Morgan fingerprint density at radius 3 is 0.935 bits per heavy atom. The zero-order chi connectivity index (χ0) is 69.8. The van der Waals surface area contributed by atoms with E-state index in [1.165, 1.54) is 200 Å². The Labute approximate surface area is 621 Å². The van der Waals surface area contributed by atoms with Gasteiger partial charge < -0.3 is 9.80 Å². The predicted molar refractivity (Wildman–Crippen MR) is 443 cm³/mol. The molecule has 0 unspecified atom stereocenters. The van der Waals surface area contributed by atoms with E-state index in [0.717, 1.165) is 11.4 Å². The van der Waals surface area contributed by atoms with E-state index in [2.05, 4.69) is 398 Å². The van der Waals surface area contributed by atoms with Crippen LogP contribution in [-0.4, -0.2) is 0 Å². The minimum atomic E-state index is -0.663. The molecule has 0 fully saturated rings. The van der Waals surface area contributed by atoms with Crippen LogP contribution in [0.1, 0.15) is 66.8 Å². The largest absolute Gasteiger partial charge is 0.310 e. The second kappa shape index (κ2) is 21.7. The van der Waals surface area contributed by atoms with E-state index in [0.29, 0.717) is 0 Å². The normalized spacial score (nSPS) is 14.5. The standard InChI is InChI=1S/C105H64N2/c1-3-31-66(32-4-1)106-94-58-21-17-52-87(94)103(88-53-18-22-59-95(88)106)85-50-15-11-38-77(85)100-73(44-28-56-91(100)103)69-40-25-42-75-81(69)64-82-70(74-45-29-57-92-101(74)78-39-12-16-51-86(78)104(92)89-54-19-23-60-96(89)107(67-33-5-2-6-34-67)97-61-24-20-55-90(97)104)41-26-43-76(82)98(75)79-46-27-47-80-99-68-35-8-7-30-65(68)62-63-93(99)105(102(79)80)83-48-13-9-36-71(83)72-37-10-14-49-84(72)105/h1-64H. The Hall–Kier alpha value is -13.7. The molecule has 0 aromatic heterocycles. The molecule has 6 aliphatic rings. The molecular formula is C105H64N2. The summed E-state index contributed by atoms with van der Waals surface area (Å²) in [6, 6.07) is 149. The molecule has 2 nitrogen and oxygen atoms in total. The molecule has 2 heterocycles. The fraction of sp³-hybridized carbons (Fsp3) is 0.0286. The molecule has 2 heteroatoms. The van der Waals surface area contributed by atoms with Gasteiger partial charge in [0.05, 0.1) is 39.0 Å². The number of hydrogen-bond acceptors (Lipinski definition) is 2. The molecule has 0 radical (unpaired) electrons. The van der Waals surface area contributed by atoms with Crippen molar-refractivity contribution in [2.75, 3.05) is 9.80 Å². The fourth-order valence-corrected chi connectivity index (χ4v) is 21.6. The summed E-state index contributed by atoms with van der Waals surface area (Å²) in [7, 11) is 0. The third-order valence-electron chi connectivity index (χ3n) is 25.2. The summed E-state index contributed by atoms with van der Waals surface area (Å²) in [5, 5.41) is 7.34. The fourth-order valence-electron chi connectivity index (χ4n) is 21.6. The zero-order valence-corrected chi connectivity index (χ0v) is 58.3. The lowest BCUT2D eigenvalue weighted by atomic mass is 9.64. The monoisotopic (exact) mass is 1350 g/mol. The smallest absolute Gasteiger partial charge is 0.0754 e. The summed E-state index contributed by atoms with van der Waals surface area (Å²) < 4.78 is 0. The first-order valence-corrected chi connectivity index (χ1v) is 37.6. The Morgan fingerprint density at radius 1 is 0.159 bits per heavy atom. The van der Waals surface area contributed by atoms with Gasteiger partial charge in [-0.2, -0.15) is 0 Å². The molecular weight excluding hydrogens is 1290 g/mol. The Kier molecular flexibility index (Phi) is 11.9. The Morgan fingerprint density at radius 2 is 0.467 bits per heavy atom. The van der Waals surface area contributed by atoms with Gasteiger partial charge in [-0.1, -0.05) is 334 Å². The minimum absolute atomic E-state index is 0.650. The van der Waals surface area contributed by atoms with E-state index in [-0.39, 0.29) is 0 Å². The molecule has 18 aromatic rings. The number of anilines is 6. The average Bonchev–Trinajstić information content (AvgIpc) is 1.89. The topological polar surface area (TPSA) is 6.48 Å². The van der Waals surface area contributed by atoms with Crippen LogP contribution in [0.15, 0.2) is 388 Å². The molecule has 0 bridgehead atoms. The number of fused-ring (bicyclic) bond motifs is 32. The van der Waals surface area contributed by atoms with E-state index in [4.69, 9.17) is 0 Å². The van der Waals surface area contributed by atoms with Crippen molar-refractivity contribution in [2.24, 2.45) is 0 Å². The zero-order valence-electron chi connectivity index (χ0n) is 58.3. The molecule has 3 spiro atoms. The van der Waals surface area contributed by atoms with Crippen molar-refractivity contribution >= 4 is 66.4 Å². The van der Waals surface area contributed by atoms with E-state index < -0.39 is 16.2 Å². The summed E-state index contributed by atoms with van der Waals surface area (Å²) in [4.78, 5) is 4.97. The molecule has 2 aliphatic heterocycles. The highest BCUT2D eigenvalue weighted by molar-refractivity contribution is 6.22. The van der Waals surface area contributed by atoms with Crippen molar-refractivity contribution in [2.45, 2.75) is 16.2 Å². The highest BCUT2D eigenvalue weighted by Gasteiger charge is 2.56. The van der Waals surface area contributed by atoms with E-state index >= 15 is 0 Å². The van der Waals surface area contributed by atoms with Crippen molar-refractivity contribution < 1.29 is 0 Å². The van der Waals surface area contributed by atoms with Crippen molar-refractivity contribution in [1.29, 1.82) is 0 Å². The Bertz CT molecular complexity index is 6480. The van der Waals surface area contributed by atoms with Crippen LogP contribution in [0, 0.1) is 0 Å². The lowest BCUT2D eigenvalue weighted by molar-refractivity contribution is 0.753. The minimum Gasteiger partial charge on any atom is -0.310 e. The van der Waals surface area contributed by atoms with Crippen molar-refractivity contribution in [1.82, 2.24) is 0 Å². The maximum Gasteiger partial charge on any atom is 0.0754 e. The first-order chi connectivity index (χ1) is 53.2. The highest BCUT2D eigenvalue weighted by Crippen LogP contribution is 2.70. The number of nitrogens with zero attached hydrogens (tertiary/aromatic N) is 2. The number of para-hydroxylation sites is 6. The molecule has 494 valence electrons. The van der Waals surface area contributed by atoms with Crippen molar-refractivity contribution in [3.05, 3.63) is 455 Å². The lowest BCUT2D eigenvalue weighted by Crippen LogP contribution is -2.36. The maximum atomic E-state index is 2.61. The van der Waals surface area contributed by atoms with Gasteiger partial charge in [0.25, 0.3) is 0 Å². The number of hydrogen-bond donors (Lipinski definition) is 0. The molecule has 0 amide bonds. The quantitative estimate of drug-likeness (QED) is 0.159. The average molecular weight is 1350 g/mol. The van der Waals surface area contributed by atoms with Crippen LogP contribution in [0.25, 0.3) is 110 Å². The van der Waals surface area contributed by atoms with Crippen molar-refractivity contribution in [3.8, 4) is 77.9 Å². The van der Waals surface area contributed by atoms with Gasteiger partial charge in [-0.25, -0.2) is 0 Å². The lowest BCUT2D eigenvalue weighted by Gasteiger charge is -2.45. The number of rotatable bonds is 5. The second-order valence-electron chi connectivity index (χ2n) is 29.8. The predicted octanol–water partition coefficient (Wildman–Crippen LogP) is 26.8. The van der Waals surface area contributed by atoms with Gasteiger partial charge >= 0.3 is 0 Å². The van der Waals surface area contributed by atoms with E-state index in [1.54, 1.807) is 0 Å². The van der Waals surface area contributed by atoms with E-state index in [9.17, 15) is 0 Å². The van der Waals surface area contributed by atoms with Crippen LogP contribution in [0.2, 0.25) is 0 Å². The summed E-state index contributed by atoms with van der Waals surface area (Å²) in [5.74, 6) is 0. The molecule has 18 aromatic carbocycles. The summed E-state index contributed by atoms with van der Waals surface area (Å²) >= 11 is 0. The third-order valence-corrected chi connectivity index (χ3v) is 25.2. The van der Waals surface area contributed by atoms with Gasteiger partial charge in [0.15, 0.2) is 0 Å². The van der Waals surface area contributed by atoms with Crippen molar-refractivity contribution in [3.63, 3.8) is 0 Å². The molecule has 0 saturated heterocycles. The van der Waals surface area contributed by atoms with Gasteiger partial charge in [0.2, 0.25) is 0 Å². The molecule has 0 atom stereocenters.